The Morgan fingerprint density at radius 2 is 2.26 bits per heavy atom. The first-order chi connectivity index (χ1) is 9.26. The van der Waals surface area contributed by atoms with Crippen LogP contribution < -0.4 is 0 Å². The summed E-state index contributed by atoms with van der Waals surface area (Å²) in [5.41, 5.74) is 0.731. The Labute approximate surface area is 113 Å². The van der Waals surface area contributed by atoms with Crippen molar-refractivity contribution in [3.63, 3.8) is 0 Å². The fourth-order valence-electron chi connectivity index (χ4n) is 2.43. The van der Waals surface area contributed by atoms with Gasteiger partial charge < -0.3 is 4.74 Å². The number of carbonyl (C=O) groups excluding carboxylic acids is 1. The van der Waals surface area contributed by atoms with Crippen LogP contribution in [0.2, 0.25) is 0 Å². The number of hydrogen-bond acceptors (Lipinski definition) is 4. The highest BCUT2D eigenvalue weighted by Crippen LogP contribution is 2.16. The van der Waals surface area contributed by atoms with Crippen molar-refractivity contribution in [2.75, 3.05) is 19.7 Å². The molecule has 2 atom stereocenters. The molecule has 0 saturated carbocycles. The molecule has 19 heavy (non-hydrogen) atoms. The maximum atomic E-state index is 12.5. The van der Waals surface area contributed by atoms with Crippen LogP contribution in [-0.4, -0.2) is 42.5 Å². The van der Waals surface area contributed by atoms with Crippen molar-refractivity contribution in [1.29, 1.82) is 5.26 Å². The topological polar surface area (TPSA) is 53.3 Å². The quantitative estimate of drug-likeness (QED) is 0.774. The van der Waals surface area contributed by atoms with Crippen LogP contribution in [-0.2, 0) is 4.74 Å². The monoisotopic (exact) mass is 258 g/mol. The standard InChI is InChI=1S/C15H18N2O2/c1-2-14(15(18)12-6-4-3-5-7-12)17-8-9-19-13(10-16)11-17/h3-7,13-14H,2,8-9,11H2,1H3. The van der Waals surface area contributed by atoms with E-state index in [-0.39, 0.29) is 11.8 Å². The predicted molar refractivity (Wildman–Crippen MR) is 71.8 cm³/mol. The first-order valence-electron chi connectivity index (χ1n) is 6.60. The summed E-state index contributed by atoms with van der Waals surface area (Å²) in [5, 5.41) is 8.93. The summed E-state index contributed by atoms with van der Waals surface area (Å²) in [4.78, 5) is 14.6. The summed E-state index contributed by atoms with van der Waals surface area (Å²) < 4.78 is 5.32. The molecule has 2 rings (SSSR count). The summed E-state index contributed by atoms with van der Waals surface area (Å²) in [5.74, 6) is 0.127. The van der Waals surface area contributed by atoms with E-state index in [1.165, 1.54) is 0 Å². The van der Waals surface area contributed by atoms with E-state index in [0.717, 1.165) is 12.0 Å². The summed E-state index contributed by atoms with van der Waals surface area (Å²) in [7, 11) is 0. The largest absolute Gasteiger partial charge is 0.361 e. The number of morpholine rings is 1. The van der Waals surface area contributed by atoms with Gasteiger partial charge in [-0.3, -0.25) is 9.69 Å². The molecular formula is C15H18N2O2. The van der Waals surface area contributed by atoms with Gasteiger partial charge in [0, 0.05) is 18.7 Å². The number of hydrogen-bond donors (Lipinski definition) is 0. The SMILES string of the molecule is CCC(C(=O)c1ccccc1)N1CCOC(C#N)C1. The zero-order valence-corrected chi connectivity index (χ0v) is 11.1. The average molecular weight is 258 g/mol. The molecule has 1 aliphatic heterocycles. The number of carbonyl (C=O) groups is 1. The van der Waals surface area contributed by atoms with Crippen LogP contribution in [0.4, 0.5) is 0 Å². The van der Waals surface area contributed by atoms with Crippen LogP contribution in [0, 0.1) is 11.3 Å². The second kappa shape index (κ2) is 6.46. The van der Waals surface area contributed by atoms with Gasteiger partial charge in [0.05, 0.1) is 18.7 Å². The Bertz CT molecular complexity index is 467. The predicted octanol–water partition coefficient (Wildman–Crippen LogP) is 1.87. The maximum absolute atomic E-state index is 12.5. The first kappa shape index (κ1) is 13.7. The molecule has 0 N–H and O–H groups in total. The number of rotatable bonds is 4. The highest BCUT2D eigenvalue weighted by atomic mass is 16.5. The first-order valence-corrected chi connectivity index (χ1v) is 6.60. The van der Waals surface area contributed by atoms with E-state index in [1.54, 1.807) is 0 Å². The van der Waals surface area contributed by atoms with Gasteiger partial charge in [-0.2, -0.15) is 5.26 Å². The number of nitriles is 1. The lowest BCUT2D eigenvalue weighted by Gasteiger charge is -2.35. The third-order valence-electron chi connectivity index (χ3n) is 3.43. The fraction of sp³-hybridized carbons (Fsp3) is 0.467. The minimum atomic E-state index is -0.425. The number of ketones is 1. The van der Waals surface area contributed by atoms with E-state index in [0.29, 0.717) is 19.7 Å². The van der Waals surface area contributed by atoms with Crippen molar-refractivity contribution in [2.24, 2.45) is 0 Å². The lowest BCUT2D eigenvalue weighted by molar-refractivity contribution is -0.0140. The molecule has 0 aromatic heterocycles. The molecule has 0 amide bonds. The molecule has 2 unspecified atom stereocenters. The molecule has 1 aliphatic rings. The lowest BCUT2D eigenvalue weighted by Crippen LogP contribution is -2.50. The molecule has 100 valence electrons. The number of benzene rings is 1. The van der Waals surface area contributed by atoms with E-state index in [2.05, 4.69) is 11.0 Å². The smallest absolute Gasteiger partial charge is 0.179 e. The second-order valence-electron chi connectivity index (χ2n) is 4.64. The highest BCUT2D eigenvalue weighted by molar-refractivity contribution is 6.00. The van der Waals surface area contributed by atoms with Gasteiger partial charge in [0.15, 0.2) is 11.9 Å². The molecular weight excluding hydrogens is 240 g/mol. The van der Waals surface area contributed by atoms with Gasteiger partial charge in [-0.15, -0.1) is 0 Å². The third kappa shape index (κ3) is 3.19. The zero-order valence-electron chi connectivity index (χ0n) is 11.1. The van der Waals surface area contributed by atoms with Crippen LogP contribution in [0.5, 0.6) is 0 Å². The molecule has 1 aromatic carbocycles. The van der Waals surface area contributed by atoms with Gasteiger partial charge >= 0.3 is 0 Å². The third-order valence-corrected chi connectivity index (χ3v) is 3.43. The van der Waals surface area contributed by atoms with Crippen LogP contribution in [0.3, 0.4) is 0 Å². The van der Waals surface area contributed by atoms with Crippen molar-refractivity contribution in [2.45, 2.75) is 25.5 Å². The van der Waals surface area contributed by atoms with Gasteiger partial charge in [-0.05, 0) is 6.42 Å². The Hall–Kier alpha value is -1.70. The van der Waals surface area contributed by atoms with Crippen molar-refractivity contribution in [3.05, 3.63) is 35.9 Å². The number of nitrogens with zero attached hydrogens (tertiary/aromatic N) is 2. The van der Waals surface area contributed by atoms with E-state index in [1.807, 2.05) is 37.3 Å². The van der Waals surface area contributed by atoms with Crippen molar-refractivity contribution < 1.29 is 9.53 Å². The van der Waals surface area contributed by atoms with Crippen LogP contribution in [0.25, 0.3) is 0 Å². The Kier molecular flexibility index (Phi) is 4.67. The maximum Gasteiger partial charge on any atom is 0.179 e. The zero-order chi connectivity index (χ0) is 13.7. The highest BCUT2D eigenvalue weighted by Gasteiger charge is 2.30. The minimum absolute atomic E-state index is 0.127. The van der Waals surface area contributed by atoms with Crippen molar-refractivity contribution in [3.8, 4) is 6.07 Å². The Balaban J connectivity index is 2.12. The van der Waals surface area contributed by atoms with Gasteiger partial charge in [-0.25, -0.2) is 0 Å². The van der Waals surface area contributed by atoms with E-state index in [4.69, 9.17) is 10.00 Å². The molecule has 0 bridgehead atoms. The van der Waals surface area contributed by atoms with Gasteiger partial charge in [0.2, 0.25) is 0 Å². The number of Topliss-reactive ketones (excluding diaryl/α,β-unsaturated/α-hetero) is 1. The van der Waals surface area contributed by atoms with E-state index >= 15 is 0 Å². The summed E-state index contributed by atoms with van der Waals surface area (Å²) in [6.07, 6.45) is 0.317. The minimum Gasteiger partial charge on any atom is -0.361 e. The number of ether oxygens (including phenoxy) is 1. The molecule has 0 aliphatic carbocycles. The van der Waals surface area contributed by atoms with Gasteiger partial charge in [0.1, 0.15) is 0 Å². The van der Waals surface area contributed by atoms with E-state index in [9.17, 15) is 4.79 Å². The molecule has 0 spiro atoms. The Morgan fingerprint density at radius 1 is 1.53 bits per heavy atom. The molecule has 4 nitrogen and oxygen atoms in total. The van der Waals surface area contributed by atoms with Crippen LogP contribution >= 0.6 is 0 Å². The second-order valence-corrected chi connectivity index (χ2v) is 4.64. The van der Waals surface area contributed by atoms with Crippen LogP contribution in [0.15, 0.2) is 30.3 Å². The van der Waals surface area contributed by atoms with Crippen LogP contribution in [0.1, 0.15) is 23.7 Å². The average Bonchev–Trinajstić information content (AvgIpc) is 2.49. The lowest BCUT2D eigenvalue weighted by atomic mass is 10.00. The fourth-order valence-corrected chi connectivity index (χ4v) is 2.43. The van der Waals surface area contributed by atoms with Crippen molar-refractivity contribution in [1.82, 2.24) is 4.90 Å². The summed E-state index contributed by atoms with van der Waals surface area (Å²) in [6, 6.07) is 11.3. The molecule has 0 radical (unpaired) electrons. The van der Waals surface area contributed by atoms with Gasteiger partial charge in [0.25, 0.3) is 0 Å². The van der Waals surface area contributed by atoms with E-state index < -0.39 is 6.10 Å². The van der Waals surface area contributed by atoms with Gasteiger partial charge in [-0.1, -0.05) is 37.3 Å². The summed E-state index contributed by atoms with van der Waals surface area (Å²) in [6.45, 7) is 3.72. The molecule has 1 heterocycles. The summed E-state index contributed by atoms with van der Waals surface area (Å²) >= 11 is 0. The Morgan fingerprint density at radius 3 is 2.89 bits per heavy atom. The van der Waals surface area contributed by atoms with Crippen molar-refractivity contribution >= 4 is 5.78 Å². The molecule has 1 fully saturated rings. The molecule has 4 heteroatoms. The molecule has 1 saturated heterocycles. The normalized spacial score (nSPS) is 21.6. The molecule has 1 aromatic rings.